The molecule has 0 aliphatic heterocycles. The molecule has 0 aromatic heterocycles. The van der Waals surface area contributed by atoms with E-state index in [0.29, 0.717) is 0 Å². The maximum atomic E-state index is 2.36. The van der Waals surface area contributed by atoms with E-state index in [1.54, 1.807) is 0 Å². The Bertz CT molecular complexity index is 87.5. The van der Waals surface area contributed by atoms with Crippen molar-refractivity contribution in [2.45, 2.75) is 38.1 Å². The van der Waals surface area contributed by atoms with Crippen LogP contribution in [0.15, 0.2) is 0 Å². The van der Waals surface area contributed by atoms with Crippen LogP contribution in [-0.2, 0) is 0 Å². The van der Waals surface area contributed by atoms with Gasteiger partial charge in [-0.25, -0.2) is 0 Å². The van der Waals surface area contributed by atoms with Crippen molar-refractivity contribution in [2.75, 3.05) is 14.1 Å². The maximum Gasteiger partial charge on any atom is 3.00 e. The van der Waals surface area contributed by atoms with E-state index in [-0.39, 0.29) is 45.6 Å². The predicted molar refractivity (Wildman–Crippen MR) is 46.3 cm³/mol. The molecule has 0 aromatic rings. The molecule has 5 heteroatoms. The summed E-state index contributed by atoms with van der Waals surface area (Å²) in [5, 5.41) is 0. The van der Waals surface area contributed by atoms with E-state index in [4.69, 9.17) is 0 Å². The summed E-state index contributed by atoms with van der Waals surface area (Å²) >= 11 is 0. The molecule has 1 aliphatic carbocycles. The molecule has 78 valence electrons. The van der Waals surface area contributed by atoms with E-state index < -0.39 is 0 Å². The number of hydrogen-bond donors (Lipinski definition) is 0. The van der Waals surface area contributed by atoms with Crippen LogP contribution < -0.4 is 37.2 Å². The summed E-state index contributed by atoms with van der Waals surface area (Å²) in [7, 11) is 4.38. The van der Waals surface area contributed by atoms with Crippen molar-refractivity contribution < 1.29 is 37.2 Å². The average molecular weight is 244 g/mol. The van der Waals surface area contributed by atoms with Crippen LogP contribution in [0.5, 0.6) is 0 Å². The summed E-state index contributed by atoms with van der Waals surface area (Å²) < 4.78 is 0. The van der Waals surface area contributed by atoms with Gasteiger partial charge in [-0.3, -0.25) is 0 Å². The van der Waals surface area contributed by atoms with Crippen LogP contribution >= 0.6 is 0 Å². The minimum absolute atomic E-state index is 0. The zero-order chi connectivity index (χ0) is 6.69. The van der Waals surface area contributed by atoms with Gasteiger partial charge in [-0.1, -0.05) is 19.3 Å². The first-order valence-corrected chi connectivity index (χ1v) is 3.97. The van der Waals surface area contributed by atoms with Crippen LogP contribution in [-0.4, -0.2) is 33.5 Å². The van der Waals surface area contributed by atoms with Gasteiger partial charge in [-0.15, -0.1) is 0 Å². The molecule has 0 N–H and O–H groups in total. The molecule has 0 heterocycles. The summed E-state index contributed by atoms with van der Waals surface area (Å²) in [4.78, 5) is 2.36. The standard InChI is InChI=1S/C8H17N.B.3ClH/c1-9(2)8-6-4-3-5-7-8;;;;/h8H,3-7H2,1-2H3;;3*1H/q;+3;;;/p-3. The van der Waals surface area contributed by atoms with Crippen LogP contribution in [0.1, 0.15) is 32.1 Å². The largest absolute Gasteiger partial charge is 3.00 e. The minimum atomic E-state index is 0. The van der Waals surface area contributed by atoms with E-state index in [2.05, 4.69) is 19.0 Å². The Morgan fingerprint density at radius 2 is 1.23 bits per heavy atom. The quantitative estimate of drug-likeness (QED) is 0.414. The van der Waals surface area contributed by atoms with Gasteiger partial charge < -0.3 is 42.1 Å². The SMILES string of the molecule is CN(C)C1CCCCC1.[B+3].[Cl-].[Cl-].[Cl-]. The molecule has 0 bridgehead atoms. The summed E-state index contributed by atoms with van der Waals surface area (Å²) in [6, 6.07) is 0.888. The second-order valence-electron chi connectivity index (χ2n) is 3.26. The van der Waals surface area contributed by atoms with Crippen molar-refractivity contribution in [3.63, 3.8) is 0 Å². The summed E-state index contributed by atoms with van der Waals surface area (Å²) in [5.41, 5.74) is 0. The molecule has 0 atom stereocenters. The van der Waals surface area contributed by atoms with Gasteiger partial charge in [0, 0.05) is 6.04 Å². The van der Waals surface area contributed by atoms with Crippen molar-refractivity contribution >= 4 is 8.41 Å². The van der Waals surface area contributed by atoms with Crippen LogP contribution in [0, 0.1) is 0 Å². The van der Waals surface area contributed by atoms with Crippen molar-refractivity contribution in [2.24, 2.45) is 0 Å². The van der Waals surface area contributed by atoms with Crippen molar-refractivity contribution in [3.05, 3.63) is 0 Å². The van der Waals surface area contributed by atoms with E-state index in [1.165, 1.54) is 32.1 Å². The van der Waals surface area contributed by atoms with Gasteiger partial charge in [0.25, 0.3) is 0 Å². The van der Waals surface area contributed by atoms with Gasteiger partial charge in [-0.05, 0) is 26.9 Å². The molecule has 1 fully saturated rings. The minimum Gasteiger partial charge on any atom is -1.00 e. The molecule has 1 rings (SSSR count). The van der Waals surface area contributed by atoms with E-state index in [9.17, 15) is 0 Å². The third-order valence-corrected chi connectivity index (χ3v) is 2.30. The Morgan fingerprint density at radius 1 is 0.846 bits per heavy atom. The van der Waals surface area contributed by atoms with Gasteiger partial charge in [0.1, 0.15) is 0 Å². The smallest absolute Gasteiger partial charge is 1.00 e. The molecule has 13 heavy (non-hydrogen) atoms. The van der Waals surface area contributed by atoms with Crippen LogP contribution in [0.4, 0.5) is 0 Å². The molecule has 1 aliphatic rings. The number of halogens is 3. The second kappa shape index (κ2) is 12.9. The van der Waals surface area contributed by atoms with Gasteiger partial charge >= 0.3 is 8.41 Å². The zero-order valence-electron chi connectivity index (χ0n) is 8.27. The van der Waals surface area contributed by atoms with Crippen molar-refractivity contribution in [3.8, 4) is 0 Å². The molecule has 1 nitrogen and oxygen atoms in total. The molecule has 0 unspecified atom stereocenters. The Kier molecular flexibility index (Phi) is 23.4. The Morgan fingerprint density at radius 3 is 1.46 bits per heavy atom. The summed E-state index contributed by atoms with van der Waals surface area (Å²) in [5.74, 6) is 0. The van der Waals surface area contributed by atoms with Crippen molar-refractivity contribution in [1.82, 2.24) is 4.90 Å². The first-order chi connectivity index (χ1) is 4.30. The monoisotopic (exact) mass is 243 g/mol. The maximum absolute atomic E-state index is 2.36. The molecular formula is C8H17BCl3N. The first kappa shape index (κ1) is 23.6. The zero-order valence-corrected chi connectivity index (χ0v) is 10.5. The molecule has 1 saturated carbocycles. The van der Waals surface area contributed by atoms with Gasteiger partial charge in [-0.2, -0.15) is 0 Å². The molecule has 0 spiro atoms. The van der Waals surface area contributed by atoms with Crippen molar-refractivity contribution in [1.29, 1.82) is 0 Å². The van der Waals surface area contributed by atoms with Crippen LogP contribution in [0.2, 0.25) is 0 Å². The van der Waals surface area contributed by atoms with E-state index >= 15 is 0 Å². The number of nitrogens with zero attached hydrogens (tertiary/aromatic N) is 1. The van der Waals surface area contributed by atoms with Crippen LogP contribution in [0.3, 0.4) is 0 Å². The van der Waals surface area contributed by atoms with Gasteiger partial charge in [0.05, 0.1) is 0 Å². The normalized spacial score (nSPS) is 15.9. The third-order valence-electron chi connectivity index (χ3n) is 2.30. The van der Waals surface area contributed by atoms with Crippen LogP contribution in [0.25, 0.3) is 0 Å². The molecule has 0 saturated heterocycles. The third kappa shape index (κ3) is 9.21. The van der Waals surface area contributed by atoms with E-state index in [1.807, 2.05) is 0 Å². The number of rotatable bonds is 1. The Labute approximate surface area is 103 Å². The summed E-state index contributed by atoms with van der Waals surface area (Å²) in [6.07, 6.45) is 7.20. The molecule has 0 amide bonds. The fraction of sp³-hybridized carbons (Fsp3) is 1.00. The average Bonchev–Trinajstić information content (AvgIpc) is 1.90. The summed E-state index contributed by atoms with van der Waals surface area (Å²) in [6.45, 7) is 0. The predicted octanol–water partition coefficient (Wildman–Crippen LogP) is -7.49. The Balaban J connectivity index is -0.000000101. The Hall–Kier alpha value is 0.895. The van der Waals surface area contributed by atoms with E-state index in [0.717, 1.165) is 6.04 Å². The fourth-order valence-corrected chi connectivity index (χ4v) is 1.60. The fourth-order valence-electron chi connectivity index (χ4n) is 1.60. The second-order valence-corrected chi connectivity index (χ2v) is 3.26. The molecule has 0 radical (unpaired) electrons. The van der Waals surface area contributed by atoms with Gasteiger partial charge in [0.2, 0.25) is 0 Å². The molecule has 0 aromatic carbocycles. The number of hydrogen-bond acceptors (Lipinski definition) is 1. The van der Waals surface area contributed by atoms with Gasteiger partial charge in [0.15, 0.2) is 0 Å². The topological polar surface area (TPSA) is 3.24 Å². The first-order valence-electron chi connectivity index (χ1n) is 3.97. The molecular weight excluding hydrogens is 227 g/mol.